The minimum atomic E-state index is -0.485. The van der Waals surface area contributed by atoms with E-state index in [9.17, 15) is 9.59 Å². The maximum absolute atomic E-state index is 11.6. The first-order chi connectivity index (χ1) is 9.08. The SMILES string of the molecule is CCOCCC(=O)Nc1cc(C(=O)OC)ccc1Cl. The lowest BCUT2D eigenvalue weighted by atomic mass is 10.2. The van der Waals surface area contributed by atoms with Crippen molar-refractivity contribution in [1.29, 1.82) is 0 Å². The Labute approximate surface area is 116 Å². The van der Waals surface area contributed by atoms with Crippen molar-refractivity contribution in [2.24, 2.45) is 0 Å². The molecule has 5 nitrogen and oxygen atoms in total. The van der Waals surface area contributed by atoms with Gasteiger partial charge in [0, 0.05) is 6.61 Å². The molecule has 1 amide bonds. The highest BCUT2D eigenvalue weighted by molar-refractivity contribution is 6.33. The van der Waals surface area contributed by atoms with Crippen LogP contribution in [0.25, 0.3) is 0 Å². The van der Waals surface area contributed by atoms with Crippen LogP contribution in [0.1, 0.15) is 23.7 Å². The fourth-order valence-electron chi connectivity index (χ4n) is 1.39. The van der Waals surface area contributed by atoms with E-state index >= 15 is 0 Å². The molecule has 0 aliphatic heterocycles. The maximum atomic E-state index is 11.6. The van der Waals surface area contributed by atoms with Gasteiger partial charge in [0.25, 0.3) is 0 Å². The zero-order valence-electron chi connectivity index (χ0n) is 10.9. The highest BCUT2D eigenvalue weighted by Gasteiger charge is 2.11. The monoisotopic (exact) mass is 285 g/mol. The van der Waals surface area contributed by atoms with E-state index in [-0.39, 0.29) is 12.3 Å². The molecule has 0 aromatic heterocycles. The molecule has 1 aromatic rings. The molecule has 0 bridgehead atoms. The highest BCUT2D eigenvalue weighted by Crippen LogP contribution is 2.23. The summed E-state index contributed by atoms with van der Waals surface area (Å²) in [6, 6.07) is 4.54. The van der Waals surface area contributed by atoms with Gasteiger partial charge in [0.15, 0.2) is 0 Å². The predicted molar refractivity (Wildman–Crippen MR) is 72.5 cm³/mol. The molecule has 0 radical (unpaired) electrons. The Balaban J connectivity index is 2.71. The van der Waals surface area contributed by atoms with Gasteiger partial charge in [-0.15, -0.1) is 0 Å². The third-order valence-electron chi connectivity index (χ3n) is 2.34. The molecule has 0 spiro atoms. The number of esters is 1. The van der Waals surface area contributed by atoms with Crippen LogP contribution in [0.15, 0.2) is 18.2 Å². The summed E-state index contributed by atoms with van der Waals surface area (Å²) in [5.74, 6) is -0.709. The van der Waals surface area contributed by atoms with Crippen molar-refractivity contribution in [3.05, 3.63) is 28.8 Å². The van der Waals surface area contributed by atoms with Crippen molar-refractivity contribution in [3.8, 4) is 0 Å². The van der Waals surface area contributed by atoms with Crippen LogP contribution in [0.2, 0.25) is 5.02 Å². The molecule has 0 saturated carbocycles. The lowest BCUT2D eigenvalue weighted by Crippen LogP contribution is -2.15. The van der Waals surface area contributed by atoms with Gasteiger partial charge in [0.2, 0.25) is 5.91 Å². The molecule has 0 aliphatic carbocycles. The molecule has 1 aromatic carbocycles. The van der Waals surface area contributed by atoms with E-state index in [4.69, 9.17) is 16.3 Å². The first kappa shape index (κ1) is 15.5. The number of carbonyl (C=O) groups is 2. The lowest BCUT2D eigenvalue weighted by Gasteiger charge is -2.09. The fraction of sp³-hybridized carbons (Fsp3) is 0.385. The quantitative estimate of drug-likeness (QED) is 0.644. The molecule has 0 fully saturated rings. The van der Waals surface area contributed by atoms with Crippen LogP contribution < -0.4 is 5.32 Å². The van der Waals surface area contributed by atoms with Crippen molar-refractivity contribution in [2.45, 2.75) is 13.3 Å². The maximum Gasteiger partial charge on any atom is 0.337 e. The zero-order valence-corrected chi connectivity index (χ0v) is 11.6. The second kappa shape index (κ2) is 7.76. The summed E-state index contributed by atoms with van der Waals surface area (Å²) in [5, 5.41) is 2.99. The molecule has 0 heterocycles. The van der Waals surface area contributed by atoms with Crippen LogP contribution >= 0.6 is 11.6 Å². The first-order valence-corrected chi connectivity index (χ1v) is 6.21. The first-order valence-electron chi connectivity index (χ1n) is 5.84. The van der Waals surface area contributed by atoms with E-state index in [2.05, 4.69) is 10.1 Å². The van der Waals surface area contributed by atoms with Crippen molar-refractivity contribution in [2.75, 3.05) is 25.6 Å². The Morgan fingerprint density at radius 2 is 2.11 bits per heavy atom. The summed E-state index contributed by atoms with van der Waals surface area (Å²) in [5.41, 5.74) is 0.707. The van der Waals surface area contributed by atoms with Gasteiger partial charge in [-0.2, -0.15) is 0 Å². The van der Waals surface area contributed by atoms with Crippen LogP contribution in [0.5, 0.6) is 0 Å². The Bertz CT molecular complexity index is 462. The van der Waals surface area contributed by atoms with Crippen LogP contribution in [-0.4, -0.2) is 32.2 Å². The van der Waals surface area contributed by atoms with Gasteiger partial charge in [0.1, 0.15) is 0 Å². The summed E-state index contributed by atoms with van der Waals surface area (Å²) in [7, 11) is 1.29. The van der Waals surface area contributed by atoms with Crippen molar-refractivity contribution in [3.63, 3.8) is 0 Å². The Hall–Kier alpha value is -1.59. The Morgan fingerprint density at radius 1 is 1.37 bits per heavy atom. The van der Waals surface area contributed by atoms with E-state index in [1.165, 1.54) is 25.3 Å². The van der Waals surface area contributed by atoms with E-state index in [1.54, 1.807) is 0 Å². The normalized spacial score (nSPS) is 10.1. The smallest absolute Gasteiger partial charge is 0.337 e. The van der Waals surface area contributed by atoms with Crippen molar-refractivity contribution < 1.29 is 19.1 Å². The van der Waals surface area contributed by atoms with Crippen LogP contribution in [0.3, 0.4) is 0 Å². The number of halogens is 1. The number of nitrogens with one attached hydrogen (secondary N) is 1. The van der Waals surface area contributed by atoms with Gasteiger partial charge in [-0.05, 0) is 25.1 Å². The third-order valence-corrected chi connectivity index (χ3v) is 2.67. The molecule has 6 heteroatoms. The number of ether oxygens (including phenoxy) is 2. The van der Waals surface area contributed by atoms with Gasteiger partial charge in [-0.1, -0.05) is 11.6 Å². The average Bonchev–Trinajstić information content (AvgIpc) is 2.40. The summed E-state index contributed by atoms with van der Waals surface area (Å²) < 4.78 is 9.68. The summed E-state index contributed by atoms with van der Waals surface area (Å²) in [4.78, 5) is 23.0. The van der Waals surface area contributed by atoms with Crippen LogP contribution in [-0.2, 0) is 14.3 Å². The van der Waals surface area contributed by atoms with Gasteiger partial charge in [-0.25, -0.2) is 4.79 Å². The average molecular weight is 286 g/mol. The predicted octanol–water partition coefficient (Wildman–Crippen LogP) is 2.49. The Kier molecular flexibility index (Phi) is 6.32. The number of rotatable bonds is 6. The number of hydrogen-bond donors (Lipinski definition) is 1. The third kappa shape index (κ3) is 4.89. The molecule has 0 atom stereocenters. The summed E-state index contributed by atoms with van der Waals surface area (Å²) >= 11 is 5.95. The number of hydrogen-bond acceptors (Lipinski definition) is 4. The number of amides is 1. The molecular weight excluding hydrogens is 270 g/mol. The second-order valence-electron chi connectivity index (χ2n) is 3.68. The fourth-order valence-corrected chi connectivity index (χ4v) is 1.55. The van der Waals surface area contributed by atoms with E-state index in [1.807, 2.05) is 6.92 Å². The summed E-state index contributed by atoms with van der Waals surface area (Å²) in [6.45, 7) is 2.76. The van der Waals surface area contributed by atoms with E-state index in [0.717, 1.165) is 0 Å². The Morgan fingerprint density at radius 3 is 2.74 bits per heavy atom. The standard InChI is InChI=1S/C13H16ClNO4/c1-3-19-7-6-12(16)15-11-8-9(13(17)18-2)4-5-10(11)14/h4-5,8H,3,6-7H2,1-2H3,(H,15,16). The minimum absolute atomic E-state index is 0.225. The van der Waals surface area contributed by atoms with Gasteiger partial charge < -0.3 is 14.8 Å². The molecule has 1 rings (SSSR count). The van der Waals surface area contributed by atoms with Gasteiger partial charge in [-0.3, -0.25) is 4.79 Å². The number of carbonyl (C=O) groups excluding carboxylic acids is 2. The lowest BCUT2D eigenvalue weighted by molar-refractivity contribution is -0.117. The van der Waals surface area contributed by atoms with E-state index < -0.39 is 5.97 Å². The molecular formula is C13H16ClNO4. The molecule has 19 heavy (non-hydrogen) atoms. The van der Waals surface area contributed by atoms with Crippen LogP contribution in [0, 0.1) is 0 Å². The van der Waals surface area contributed by atoms with Gasteiger partial charge in [0.05, 0.1) is 36.4 Å². The molecule has 0 saturated heterocycles. The molecule has 0 aliphatic rings. The molecule has 0 unspecified atom stereocenters. The number of anilines is 1. The van der Waals surface area contributed by atoms with Crippen molar-refractivity contribution in [1.82, 2.24) is 0 Å². The van der Waals surface area contributed by atoms with E-state index in [0.29, 0.717) is 29.5 Å². The van der Waals surface area contributed by atoms with Crippen LogP contribution in [0.4, 0.5) is 5.69 Å². The largest absolute Gasteiger partial charge is 0.465 e. The van der Waals surface area contributed by atoms with Gasteiger partial charge >= 0.3 is 5.97 Å². The molecule has 1 N–H and O–H groups in total. The number of methoxy groups -OCH3 is 1. The zero-order chi connectivity index (χ0) is 14.3. The second-order valence-corrected chi connectivity index (χ2v) is 4.09. The molecule has 104 valence electrons. The number of benzene rings is 1. The van der Waals surface area contributed by atoms with Crippen molar-refractivity contribution >= 4 is 29.2 Å². The highest BCUT2D eigenvalue weighted by atomic mass is 35.5. The summed E-state index contributed by atoms with van der Waals surface area (Å²) in [6.07, 6.45) is 0.229. The minimum Gasteiger partial charge on any atom is -0.465 e. The topological polar surface area (TPSA) is 64.6 Å².